The number of halogens is 1. The maximum atomic E-state index is 13.0. The van der Waals surface area contributed by atoms with Gasteiger partial charge in [0.25, 0.3) is 0 Å². The van der Waals surface area contributed by atoms with Crippen LogP contribution in [0, 0.1) is 5.82 Å². The fourth-order valence-electron chi connectivity index (χ4n) is 3.11. The van der Waals surface area contributed by atoms with E-state index in [-0.39, 0.29) is 11.7 Å². The number of pyridine rings is 1. The van der Waals surface area contributed by atoms with Crippen LogP contribution in [0.2, 0.25) is 0 Å². The van der Waals surface area contributed by atoms with Crippen LogP contribution >= 0.6 is 0 Å². The Kier molecular flexibility index (Phi) is 5.48. The summed E-state index contributed by atoms with van der Waals surface area (Å²) in [7, 11) is 0. The summed E-state index contributed by atoms with van der Waals surface area (Å²) in [6.45, 7) is 1.48. The van der Waals surface area contributed by atoms with E-state index < -0.39 is 0 Å². The molecule has 2 aromatic rings. The Morgan fingerprint density at radius 2 is 2.00 bits per heavy atom. The fraction of sp³-hybridized carbons (Fsp3) is 0.368. The van der Waals surface area contributed by atoms with E-state index in [4.69, 9.17) is 5.73 Å². The summed E-state index contributed by atoms with van der Waals surface area (Å²) in [4.78, 5) is 18.5. The van der Waals surface area contributed by atoms with Gasteiger partial charge in [0.15, 0.2) is 0 Å². The van der Waals surface area contributed by atoms with Crippen LogP contribution < -0.4 is 11.1 Å². The minimum Gasteiger partial charge on any atom is -0.384 e. The molecule has 1 amide bonds. The number of hydrogen-bond acceptors (Lipinski definition) is 4. The quantitative estimate of drug-likeness (QED) is 0.896. The van der Waals surface area contributed by atoms with Gasteiger partial charge in [-0.3, -0.25) is 4.79 Å². The number of nitrogens with zero attached hydrogens (tertiary/aromatic N) is 2. The molecule has 0 saturated carbocycles. The van der Waals surface area contributed by atoms with E-state index in [0.717, 1.165) is 43.6 Å². The first-order valence-electron chi connectivity index (χ1n) is 8.60. The number of aromatic nitrogens is 1. The van der Waals surface area contributed by atoms with Crippen LogP contribution in [0.4, 0.5) is 15.9 Å². The highest BCUT2D eigenvalue weighted by Crippen LogP contribution is 2.18. The number of nitrogens with two attached hydrogens (primary N) is 1. The minimum absolute atomic E-state index is 0.0985. The van der Waals surface area contributed by atoms with E-state index in [0.29, 0.717) is 18.3 Å². The molecular formula is C19H23FN4O. The molecule has 1 aliphatic rings. The number of hydrogen-bond donors (Lipinski definition) is 2. The second kappa shape index (κ2) is 7.96. The lowest BCUT2D eigenvalue weighted by Crippen LogP contribution is -2.33. The van der Waals surface area contributed by atoms with Crippen LogP contribution in [0.3, 0.4) is 0 Å². The van der Waals surface area contributed by atoms with E-state index in [1.807, 2.05) is 11.0 Å². The monoisotopic (exact) mass is 342 g/mol. The predicted octanol–water partition coefficient (Wildman–Crippen LogP) is 2.84. The number of benzene rings is 1. The highest BCUT2D eigenvalue weighted by Gasteiger charge is 2.20. The van der Waals surface area contributed by atoms with Crippen molar-refractivity contribution in [3.8, 4) is 0 Å². The second-order valence-corrected chi connectivity index (χ2v) is 6.43. The summed E-state index contributed by atoms with van der Waals surface area (Å²) in [5.74, 6) is 0.322. The molecule has 1 aromatic heterocycles. The average Bonchev–Trinajstić information content (AvgIpc) is 2.85. The number of likely N-dealkylation sites (tertiary alicyclic amines) is 1. The highest BCUT2D eigenvalue weighted by atomic mass is 19.1. The van der Waals surface area contributed by atoms with Crippen molar-refractivity contribution in [2.24, 2.45) is 0 Å². The molecule has 2 heterocycles. The Balaban J connectivity index is 1.52. The summed E-state index contributed by atoms with van der Waals surface area (Å²) in [5.41, 5.74) is 7.40. The molecule has 25 heavy (non-hydrogen) atoms. The first kappa shape index (κ1) is 17.2. The molecule has 0 radical (unpaired) electrons. The molecule has 132 valence electrons. The van der Waals surface area contributed by atoms with Crippen molar-refractivity contribution in [1.29, 1.82) is 0 Å². The molecular weight excluding hydrogens is 319 g/mol. The van der Waals surface area contributed by atoms with Crippen molar-refractivity contribution in [3.05, 3.63) is 54.0 Å². The fourth-order valence-corrected chi connectivity index (χ4v) is 3.11. The molecule has 3 rings (SSSR count). The Morgan fingerprint density at radius 3 is 2.72 bits per heavy atom. The third-order valence-corrected chi connectivity index (χ3v) is 4.51. The van der Waals surface area contributed by atoms with Crippen LogP contribution in [0.15, 0.2) is 42.6 Å². The van der Waals surface area contributed by atoms with Crippen LogP contribution in [-0.2, 0) is 11.2 Å². The average molecular weight is 342 g/mol. The van der Waals surface area contributed by atoms with Crippen molar-refractivity contribution in [2.45, 2.75) is 31.7 Å². The molecule has 1 aromatic carbocycles. The van der Waals surface area contributed by atoms with Gasteiger partial charge in [-0.05, 0) is 49.1 Å². The van der Waals surface area contributed by atoms with Crippen molar-refractivity contribution in [2.75, 3.05) is 24.1 Å². The molecule has 1 aliphatic heterocycles. The summed E-state index contributed by atoms with van der Waals surface area (Å²) in [6.07, 6.45) is 4.90. The van der Waals surface area contributed by atoms with Gasteiger partial charge in [-0.15, -0.1) is 0 Å². The lowest BCUT2D eigenvalue weighted by molar-refractivity contribution is -0.130. The third kappa shape index (κ3) is 4.92. The van der Waals surface area contributed by atoms with Crippen LogP contribution in [0.25, 0.3) is 0 Å². The molecule has 1 unspecified atom stereocenters. The number of carbonyl (C=O) groups is 1. The Labute approximate surface area is 147 Å². The zero-order chi connectivity index (χ0) is 17.6. The Bertz CT molecular complexity index is 702. The number of nitrogens with one attached hydrogen (secondary N) is 1. The molecule has 1 atom stereocenters. The van der Waals surface area contributed by atoms with Crippen LogP contribution in [0.1, 0.15) is 24.8 Å². The SMILES string of the molecule is Nc1ccc(NC2CCCN(C(=O)Cc3ccc(F)cc3)CC2)cn1. The number of amides is 1. The number of carbonyl (C=O) groups excluding carboxylic acids is 1. The maximum absolute atomic E-state index is 13.0. The van der Waals surface area contributed by atoms with Gasteiger partial charge in [-0.25, -0.2) is 9.37 Å². The summed E-state index contributed by atoms with van der Waals surface area (Å²) >= 11 is 0. The van der Waals surface area contributed by atoms with Gasteiger partial charge < -0.3 is 16.0 Å². The number of nitrogen functional groups attached to an aromatic ring is 1. The van der Waals surface area contributed by atoms with Gasteiger partial charge in [0.05, 0.1) is 18.3 Å². The zero-order valence-electron chi connectivity index (χ0n) is 14.1. The molecule has 1 saturated heterocycles. The summed E-state index contributed by atoms with van der Waals surface area (Å²) < 4.78 is 13.0. The first-order valence-corrected chi connectivity index (χ1v) is 8.60. The third-order valence-electron chi connectivity index (χ3n) is 4.51. The van der Waals surface area contributed by atoms with Gasteiger partial charge in [0, 0.05) is 19.1 Å². The van der Waals surface area contributed by atoms with E-state index in [2.05, 4.69) is 10.3 Å². The number of anilines is 2. The molecule has 0 spiro atoms. The van der Waals surface area contributed by atoms with E-state index >= 15 is 0 Å². The van der Waals surface area contributed by atoms with Gasteiger partial charge in [0.2, 0.25) is 5.91 Å². The smallest absolute Gasteiger partial charge is 0.226 e. The molecule has 1 fully saturated rings. The zero-order valence-corrected chi connectivity index (χ0v) is 14.1. The van der Waals surface area contributed by atoms with Crippen molar-refractivity contribution >= 4 is 17.4 Å². The lowest BCUT2D eigenvalue weighted by atomic mass is 10.1. The topological polar surface area (TPSA) is 71.2 Å². The molecule has 6 heteroatoms. The molecule has 5 nitrogen and oxygen atoms in total. The standard InChI is InChI=1S/C19H23FN4O/c20-15-5-3-14(4-6-15)12-19(25)24-10-1-2-16(9-11-24)23-17-7-8-18(21)22-13-17/h3-8,13,16,23H,1-2,9-12H2,(H2,21,22). The van der Waals surface area contributed by atoms with Crippen LogP contribution in [0.5, 0.6) is 0 Å². The summed E-state index contributed by atoms with van der Waals surface area (Å²) in [6, 6.07) is 10.1. The Hall–Kier alpha value is -2.63. The highest BCUT2D eigenvalue weighted by molar-refractivity contribution is 5.78. The van der Waals surface area contributed by atoms with E-state index in [9.17, 15) is 9.18 Å². The largest absolute Gasteiger partial charge is 0.384 e. The normalized spacial score (nSPS) is 17.8. The molecule has 3 N–H and O–H groups in total. The number of rotatable bonds is 4. The van der Waals surface area contributed by atoms with Crippen LogP contribution in [-0.4, -0.2) is 34.9 Å². The van der Waals surface area contributed by atoms with Crippen molar-refractivity contribution in [1.82, 2.24) is 9.88 Å². The van der Waals surface area contributed by atoms with E-state index in [1.54, 1.807) is 24.4 Å². The first-order chi connectivity index (χ1) is 12.1. The second-order valence-electron chi connectivity index (χ2n) is 6.43. The maximum Gasteiger partial charge on any atom is 0.226 e. The van der Waals surface area contributed by atoms with Gasteiger partial charge in [-0.1, -0.05) is 12.1 Å². The van der Waals surface area contributed by atoms with Crippen molar-refractivity contribution in [3.63, 3.8) is 0 Å². The van der Waals surface area contributed by atoms with Gasteiger partial charge in [0.1, 0.15) is 11.6 Å². The van der Waals surface area contributed by atoms with E-state index in [1.165, 1.54) is 12.1 Å². The predicted molar refractivity (Wildman–Crippen MR) is 96.6 cm³/mol. The van der Waals surface area contributed by atoms with Crippen molar-refractivity contribution < 1.29 is 9.18 Å². The molecule has 0 aliphatic carbocycles. The van der Waals surface area contributed by atoms with Gasteiger partial charge in [-0.2, -0.15) is 0 Å². The lowest BCUT2D eigenvalue weighted by Gasteiger charge is -2.21. The van der Waals surface area contributed by atoms with Gasteiger partial charge >= 0.3 is 0 Å². The minimum atomic E-state index is -0.281. The summed E-state index contributed by atoms with van der Waals surface area (Å²) in [5, 5.41) is 3.47. The Morgan fingerprint density at radius 1 is 1.20 bits per heavy atom. The molecule has 0 bridgehead atoms.